The molecule has 324 valence electrons. The number of hydrogen-bond acceptors (Lipinski definition) is 4. The van der Waals surface area contributed by atoms with E-state index in [1.807, 2.05) is 12.4 Å². The SMILES string of the molecule is c1ccc([Si](c2ccccc2)(c2cccc(N3c4ccccc4[Si](c4ccccc4)(c4ccccc4)c4c3ncc3c4oc4ccccc43)c2)c2ccc3c4ccccc4n4ccnc4c3c2)cc1. The number of benzene rings is 9. The summed E-state index contributed by atoms with van der Waals surface area (Å²) in [4.78, 5) is 13.1. The molecule has 0 unspecified atom stereocenters. The molecule has 5 heterocycles. The Balaban J connectivity index is 1.09. The summed E-state index contributed by atoms with van der Waals surface area (Å²) < 4.78 is 9.39. The van der Waals surface area contributed by atoms with E-state index < -0.39 is 16.1 Å². The lowest BCUT2D eigenvalue weighted by molar-refractivity contribution is 0.671. The van der Waals surface area contributed by atoms with Crippen molar-refractivity contribution in [2.75, 3.05) is 4.90 Å². The first-order valence-electron chi connectivity index (χ1n) is 23.6. The highest BCUT2D eigenvalue weighted by Gasteiger charge is 2.52. The molecule has 9 aromatic carbocycles. The minimum atomic E-state index is -3.15. The fourth-order valence-electron chi connectivity index (χ4n) is 11.9. The number of hydrogen-bond donors (Lipinski definition) is 0. The fraction of sp³-hybridized carbons (Fsp3) is 0. The Labute approximate surface area is 400 Å². The summed E-state index contributed by atoms with van der Waals surface area (Å²) in [5, 5.41) is 15.8. The molecule has 0 saturated carbocycles. The first-order valence-corrected chi connectivity index (χ1v) is 27.6. The molecule has 1 aliphatic rings. The molecule has 69 heavy (non-hydrogen) atoms. The monoisotopic (exact) mass is 914 g/mol. The molecule has 0 atom stereocenters. The minimum Gasteiger partial charge on any atom is -0.456 e. The van der Waals surface area contributed by atoms with Crippen LogP contribution in [-0.4, -0.2) is 30.5 Å². The maximum absolute atomic E-state index is 7.15. The van der Waals surface area contributed by atoms with Crippen LogP contribution in [0.5, 0.6) is 0 Å². The normalized spacial score (nSPS) is 13.3. The van der Waals surface area contributed by atoms with E-state index in [1.165, 1.54) is 47.1 Å². The van der Waals surface area contributed by atoms with E-state index >= 15 is 0 Å². The van der Waals surface area contributed by atoms with E-state index in [0.29, 0.717) is 0 Å². The van der Waals surface area contributed by atoms with E-state index in [2.05, 4.69) is 252 Å². The van der Waals surface area contributed by atoms with Gasteiger partial charge < -0.3 is 4.42 Å². The quantitative estimate of drug-likeness (QED) is 0.0909. The second kappa shape index (κ2) is 15.5. The first-order chi connectivity index (χ1) is 34.2. The van der Waals surface area contributed by atoms with Gasteiger partial charge in [-0.1, -0.05) is 206 Å². The Hall–Kier alpha value is -8.63. The fourth-order valence-corrected chi connectivity index (χ4v) is 21.8. The van der Waals surface area contributed by atoms with Crippen molar-refractivity contribution >= 4 is 124 Å². The third kappa shape index (κ3) is 5.63. The number of pyridine rings is 2. The molecule has 0 radical (unpaired) electrons. The van der Waals surface area contributed by atoms with Crippen molar-refractivity contribution in [1.82, 2.24) is 14.4 Å². The third-order valence-electron chi connectivity index (χ3n) is 14.7. The molecule has 0 fully saturated rings. The first kappa shape index (κ1) is 39.5. The summed E-state index contributed by atoms with van der Waals surface area (Å²) in [5.74, 6) is 0.891. The molecular formula is C62H42N4OSi2. The van der Waals surface area contributed by atoms with Crippen molar-refractivity contribution in [3.8, 4) is 0 Å². The number of imidazole rings is 1. The Morgan fingerprint density at radius 1 is 0.449 bits per heavy atom. The predicted octanol–water partition coefficient (Wildman–Crippen LogP) is 9.47. The lowest BCUT2D eigenvalue weighted by Gasteiger charge is -2.44. The van der Waals surface area contributed by atoms with Crippen molar-refractivity contribution in [2.45, 2.75) is 0 Å². The molecule has 5 nitrogen and oxygen atoms in total. The maximum atomic E-state index is 7.15. The highest BCUT2D eigenvalue weighted by molar-refractivity contribution is 7.22. The Bertz CT molecular complexity index is 4020. The van der Waals surface area contributed by atoms with Crippen LogP contribution in [0.15, 0.2) is 260 Å². The molecular weight excluding hydrogens is 873 g/mol. The van der Waals surface area contributed by atoms with Gasteiger partial charge in [0.05, 0.1) is 5.52 Å². The summed E-state index contributed by atoms with van der Waals surface area (Å²) in [5.41, 5.74) is 6.01. The second-order valence-corrected chi connectivity index (χ2v) is 25.6. The molecule has 0 aliphatic carbocycles. The Morgan fingerprint density at radius 2 is 1.06 bits per heavy atom. The minimum absolute atomic E-state index is 0.858. The van der Waals surface area contributed by atoms with Crippen LogP contribution in [0.2, 0.25) is 0 Å². The van der Waals surface area contributed by atoms with Crippen molar-refractivity contribution in [2.24, 2.45) is 0 Å². The zero-order chi connectivity index (χ0) is 45.5. The van der Waals surface area contributed by atoms with Gasteiger partial charge in [-0.2, -0.15) is 0 Å². The van der Waals surface area contributed by atoms with E-state index in [-0.39, 0.29) is 0 Å². The van der Waals surface area contributed by atoms with Gasteiger partial charge in [0.15, 0.2) is 16.1 Å². The van der Waals surface area contributed by atoms with Crippen LogP contribution in [0.1, 0.15) is 0 Å². The molecule has 0 saturated heterocycles. The van der Waals surface area contributed by atoms with Crippen LogP contribution in [0.4, 0.5) is 17.2 Å². The second-order valence-electron chi connectivity index (χ2n) is 18.1. The summed E-state index contributed by atoms with van der Waals surface area (Å²) >= 11 is 0. The molecule has 1 aliphatic heterocycles. The van der Waals surface area contributed by atoms with E-state index in [4.69, 9.17) is 14.4 Å². The molecule has 7 heteroatoms. The Kier molecular flexibility index (Phi) is 8.86. The molecule has 0 bridgehead atoms. The summed E-state index contributed by atoms with van der Waals surface area (Å²) in [6.07, 6.45) is 6.05. The number of furan rings is 1. The van der Waals surface area contributed by atoms with Crippen molar-refractivity contribution in [1.29, 1.82) is 0 Å². The molecule has 0 N–H and O–H groups in total. The van der Waals surface area contributed by atoms with E-state index in [9.17, 15) is 0 Å². The summed E-state index contributed by atoms with van der Waals surface area (Å²) in [6, 6.07) is 87.3. The number of fused-ring (bicyclic) bond motifs is 12. The highest BCUT2D eigenvalue weighted by Crippen LogP contribution is 2.41. The highest BCUT2D eigenvalue weighted by atomic mass is 28.3. The van der Waals surface area contributed by atoms with Crippen LogP contribution in [0.25, 0.3) is 49.3 Å². The van der Waals surface area contributed by atoms with Crippen molar-refractivity contribution in [3.05, 3.63) is 255 Å². The van der Waals surface area contributed by atoms with Gasteiger partial charge >= 0.3 is 0 Å². The smallest absolute Gasteiger partial charge is 0.191 e. The topological polar surface area (TPSA) is 46.6 Å². The summed E-state index contributed by atoms with van der Waals surface area (Å²) in [6.45, 7) is 0. The van der Waals surface area contributed by atoms with Crippen LogP contribution >= 0.6 is 0 Å². The molecule has 0 amide bonds. The lowest BCUT2D eigenvalue weighted by Crippen LogP contribution is -2.77. The number of rotatable bonds is 7. The maximum Gasteiger partial charge on any atom is 0.191 e. The van der Waals surface area contributed by atoms with E-state index in [1.54, 1.807) is 0 Å². The van der Waals surface area contributed by atoms with Gasteiger partial charge in [-0.15, -0.1) is 0 Å². The van der Waals surface area contributed by atoms with Crippen LogP contribution < -0.4 is 46.4 Å². The molecule has 0 spiro atoms. The zero-order valence-corrected chi connectivity index (χ0v) is 39.4. The number of anilines is 3. The van der Waals surface area contributed by atoms with Crippen LogP contribution in [0, 0.1) is 0 Å². The average Bonchev–Trinajstić information content (AvgIpc) is 4.08. The Morgan fingerprint density at radius 3 is 1.80 bits per heavy atom. The summed E-state index contributed by atoms with van der Waals surface area (Å²) in [7, 11) is -6.27. The van der Waals surface area contributed by atoms with E-state index in [0.717, 1.165) is 60.9 Å². The standard InChI is InChI=1S/C62H42N4OSi2/c1-5-21-44(22-6-1)68(45-23-7-2-8-24-45,49-36-37-50-51-30-13-15-32-55(51)65-39-38-63-61(65)53(50)41-49)48-29-19-20-43(40-48)66-56-33-16-18-35-58(56)69(46-25-9-3-10-26-46,47-27-11-4-12-28-47)60-59-54(42-64-62(60)66)52-31-14-17-34-57(52)67-59/h1-42H. The zero-order valence-electron chi connectivity index (χ0n) is 37.4. The van der Waals surface area contributed by atoms with Gasteiger partial charge in [0.1, 0.15) is 22.6 Å². The third-order valence-corrected chi connectivity index (χ3v) is 24.3. The van der Waals surface area contributed by atoms with Gasteiger partial charge in [0.25, 0.3) is 0 Å². The number of para-hydroxylation sites is 3. The van der Waals surface area contributed by atoms with Gasteiger partial charge in [-0.05, 0) is 72.0 Å². The van der Waals surface area contributed by atoms with Crippen LogP contribution in [-0.2, 0) is 0 Å². The molecule has 4 aromatic heterocycles. The number of nitrogens with zero attached hydrogens (tertiary/aromatic N) is 4. The van der Waals surface area contributed by atoms with Gasteiger partial charge in [-0.25, -0.2) is 9.97 Å². The van der Waals surface area contributed by atoms with Crippen molar-refractivity contribution < 1.29 is 4.42 Å². The van der Waals surface area contributed by atoms with Crippen molar-refractivity contribution in [3.63, 3.8) is 0 Å². The van der Waals surface area contributed by atoms with Gasteiger partial charge in [-0.3, -0.25) is 9.30 Å². The largest absolute Gasteiger partial charge is 0.456 e. The lowest BCUT2D eigenvalue weighted by atomic mass is 10.1. The average molecular weight is 915 g/mol. The van der Waals surface area contributed by atoms with Crippen LogP contribution in [0.3, 0.4) is 0 Å². The van der Waals surface area contributed by atoms with Gasteiger partial charge in [0.2, 0.25) is 0 Å². The van der Waals surface area contributed by atoms with Gasteiger partial charge in [0, 0.05) is 56.7 Å². The molecule has 14 rings (SSSR count). The predicted molar refractivity (Wildman–Crippen MR) is 291 cm³/mol. The molecule has 13 aromatic rings. The number of aromatic nitrogens is 3.